The zero-order valence-electron chi connectivity index (χ0n) is 2.89. The van der Waals surface area contributed by atoms with Gasteiger partial charge in [0.15, 0.2) is 6.20 Å². The normalized spacial score (nSPS) is 8.67. The summed E-state index contributed by atoms with van der Waals surface area (Å²) in [4.78, 5) is 9.99. The molecule has 0 radical (unpaired) electrons. The molecule has 1 rings (SSSR count). The fraction of sp³-hybridized carbons (Fsp3) is 0. The number of aromatic amines is 2. The number of rotatable bonds is 0. The van der Waals surface area contributed by atoms with Crippen molar-refractivity contribution < 1.29 is 4.37 Å². The Labute approximate surface area is 38.0 Å². The predicted molar refractivity (Wildman–Crippen MR) is 21.5 cm³/mol. The number of aromatic nitrogens is 2. The van der Waals surface area contributed by atoms with Crippen LogP contribution in [0.3, 0.4) is 0 Å². The van der Waals surface area contributed by atoms with Crippen molar-refractivity contribution in [2.45, 2.75) is 0 Å². The molecule has 1 aromatic heterocycles. The van der Waals surface area contributed by atoms with Crippen molar-refractivity contribution in [3.05, 3.63) is 16.6 Å². The van der Waals surface area contributed by atoms with Gasteiger partial charge in [0, 0.05) is 0 Å². The highest BCUT2D eigenvalue weighted by Crippen LogP contribution is 1.55. The molecule has 0 amide bonds. The smallest absolute Gasteiger partial charge is 0.236 e. The third-order valence-electron chi connectivity index (χ3n) is 0.401. The lowest BCUT2D eigenvalue weighted by Gasteiger charge is -1.35. The number of hydrogen-bond donors (Lipinski definition) is 1. The van der Waals surface area contributed by atoms with Crippen LogP contribution < -0.4 is 9.93 Å². The summed E-state index contributed by atoms with van der Waals surface area (Å²) in [5, 5.41) is 0. The van der Waals surface area contributed by atoms with Gasteiger partial charge in [-0.3, -0.25) is 0 Å². The molecule has 6 heavy (non-hydrogen) atoms. The van der Waals surface area contributed by atoms with Crippen molar-refractivity contribution in [1.82, 2.24) is 4.37 Å². The molecule has 0 bridgehead atoms. The minimum Gasteiger partial charge on any atom is -0.236 e. The van der Waals surface area contributed by atoms with E-state index in [-0.39, 0.29) is 5.56 Å². The molecule has 0 saturated heterocycles. The Morgan fingerprint density at radius 2 is 2.83 bits per heavy atom. The second-order valence-corrected chi connectivity index (χ2v) is 1.47. The van der Waals surface area contributed by atoms with Crippen LogP contribution >= 0.6 is 11.7 Å². The molecule has 0 unspecified atom stereocenters. The maximum atomic E-state index is 9.99. The fourth-order valence-electron chi connectivity index (χ4n) is 0.192. The second kappa shape index (κ2) is 1.22. The van der Waals surface area contributed by atoms with E-state index >= 15 is 0 Å². The lowest BCUT2D eigenvalue weighted by molar-refractivity contribution is -0.290. The summed E-state index contributed by atoms with van der Waals surface area (Å²) < 4.78 is 5.03. The molecule has 2 N–H and O–H groups in total. The van der Waals surface area contributed by atoms with Gasteiger partial charge in [0.25, 0.3) is 0 Å². The standard InChI is InChI=1S/C2H2N2OS/c5-2-1-3-6-4-2/h1H,(H,4,5)/p+1. The molecule has 0 aliphatic rings. The SMILES string of the molecule is O=c1c[nH+]s[nH]1. The maximum Gasteiger partial charge on any atom is 0.382 e. The summed E-state index contributed by atoms with van der Waals surface area (Å²) in [6.07, 6.45) is 1.37. The fourth-order valence-corrected chi connectivity index (χ4v) is 0.577. The summed E-state index contributed by atoms with van der Waals surface area (Å²) >= 11 is 1.18. The molecule has 0 fully saturated rings. The molecule has 1 aromatic rings. The molecule has 0 aliphatic carbocycles. The van der Waals surface area contributed by atoms with Crippen molar-refractivity contribution in [2.75, 3.05) is 0 Å². The van der Waals surface area contributed by atoms with Gasteiger partial charge in [-0.25, -0.2) is 4.79 Å². The monoisotopic (exact) mass is 103 g/mol. The molecule has 0 saturated carbocycles. The molecule has 32 valence electrons. The highest BCUT2D eigenvalue weighted by Gasteiger charge is 1.83. The Bertz CT molecular complexity index is 149. The predicted octanol–water partition coefficient (Wildman–Crippen LogP) is -0.750. The first-order chi connectivity index (χ1) is 2.89. The number of H-pyrrole nitrogens is 2. The van der Waals surface area contributed by atoms with Gasteiger partial charge >= 0.3 is 5.56 Å². The van der Waals surface area contributed by atoms with Crippen LogP contribution in [-0.2, 0) is 0 Å². The molecule has 4 heteroatoms. The van der Waals surface area contributed by atoms with Gasteiger partial charge in [0.1, 0.15) is 0 Å². The summed E-state index contributed by atoms with van der Waals surface area (Å²) in [5.74, 6) is 0. The molecule has 0 spiro atoms. The average Bonchev–Trinajstić information content (AvgIpc) is 1.86. The highest BCUT2D eigenvalue weighted by atomic mass is 32.1. The Balaban J connectivity index is 3.41. The topological polar surface area (TPSA) is 47.0 Å². The quantitative estimate of drug-likeness (QED) is 0.461. The summed E-state index contributed by atoms with van der Waals surface area (Å²) in [6.45, 7) is 0. The van der Waals surface area contributed by atoms with E-state index in [1.807, 2.05) is 0 Å². The first kappa shape index (κ1) is 3.55. The number of nitrogens with one attached hydrogen (secondary N) is 2. The lowest BCUT2D eigenvalue weighted by Crippen LogP contribution is -1.96. The Hall–Kier alpha value is -0.640. The van der Waals surface area contributed by atoms with E-state index in [0.717, 1.165) is 0 Å². The van der Waals surface area contributed by atoms with Crippen LogP contribution in [0.15, 0.2) is 11.0 Å². The second-order valence-electron chi connectivity index (χ2n) is 0.831. The average molecular weight is 103 g/mol. The van der Waals surface area contributed by atoms with Crippen molar-refractivity contribution in [2.24, 2.45) is 0 Å². The first-order valence-corrected chi connectivity index (χ1v) is 2.26. The van der Waals surface area contributed by atoms with Crippen molar-refractivity contribution in [1.29, 1.82) is 0 Å². The summed E-state index contributed by atoms with van der Waals surface area (Å²) in [5.41, 5.74) is -0.0694. The van der Waals surface area contributed by atoms with E-state index in [1.165, 1.54) is 17.9 Å². The third-order valence-corrected chi connectivity index (χ3v) is 0.940. The highest BCUT2D eigenvalue weighted by molar-refractivity contribution is 6.94. The summed E-state index contributed by atoms with van der Waals surface area (Å²) in [6, 6.07) is 0. The molecule has 1 heterocycles. The largest absolute Gasteiger partial charge is 0.382 e. The zero-order valence-corrected chi connectivity index (χ0v) is 3.71. The van der Waals surface area contributed by atoms with Gasteiger partial charge in [-0.15, -0.1) is 0 Å². The van der Waals surface area contributed by atoms with Crippen LogP contribution in [-0.4, -0.2) is 4.37 Å². The Kier molecular flexibility index (Phi) is 0.719. The summed E-state index contributed by atoms with van der Waals surface area (Å²) in [7, 11) is 0. The Morgan fingerprint density at radius 3 is 3.00 bits per heavy atom. The minimum absolute atomic E-state index is 0.0694. The maximum absolute atomic E-state index is 9.99. The van der Waals surface area contributed by atoms with Gasteiger partial charge in [-0.2, -0.15) is 8.75 Å². The van der Waals surface area contributed by atoms with Crippen LogP contribution in [0.5, 0.6) is 0 Å². The van der Waals surface area contributed by atoms with Crippen molar-refractivity contribution in [3.8, 4) is 0 Å². The minimum atomic E-state index is -0.0694. The Morgan fingerprint density at radius 1 is 2.00 bits per heavy atom. The van der Waals surface area contributed by atoms with E-state index in [4.69, 9.17) is 0 Å². The molecule has 3 nitrogen and oxygen atoms in total. The molecule has 0 aromatic carbocycles. The third kappa shape index (κ3) is 0.463. The van der Waals surface area contributed by atoms with Crippen LogP contribution in [0.2, 0.25) is 0 Å². The zero-order chi connectivity index (χ0) is 4.41. The van der Waals surface area contributed by atoms with Gasteiger partial charge < -0.3 is 0 Å². The first-order valence-electron chi connectivity index (χ1n) is 1.44. The molecular formula is C2H3N2OS+. The van der Waals surface area contributed by atoms with E-state index in [0.29, 0.717) is 0 Å². The van der Waals surface area contributed by atoms with Gasteiger partial charge in [-0.1, -0.05) is 0 Å². The van der Waals surface area contributed by atoms with Crippen LogP contribution in [0.1, 0.15) is 0 Å². The van der Waals surface area contributed by atoms with E-state index in [9.17, 15) is 4.79 Å². The van der Waals surface area contributed by atoms with Crippen LogP contribution in [0, 0.1) is 0 Å². The van der Waals surface area contributed by atoms with Crippen LogP contribution in [0.4, 0.5) is 0 Å². The molecular weight excluding hydrogens is 100 g/mol. The van der Waals surface area contributed by atoms with E-state index in [1.54, 1.807) is 0 Å². The van der Waals surface area contributed by atoms with Crippen molar-refractivity contribution in [3.63, 3.8) is 0 Å². The van der Waals surface area contributed by atoms with Crippen molar-refractivity contribution >= 4 is 11.7 Å². The van der Waals surface area contributed by atoms with Crippen LogP contribution in [0.25, 0.3) is 0 Å². The van der Waals surface area contributed by atoms with Gasteiger partial charge in [0.2, 0.25) is 11.7 Å². The van der Waals surface area contributed by atoms with E-state index < -0.39 is 0 Å². The molecule has 0 atom stereocenters. The molecule has 0 aliphatic heterocycles. The van der Waals surface area contributed by atoms with Gasteiger partial charge in [0.05, 0.1) is 0 Å². The number of hydrogen-bond acceptors (Lipinski definition) is 2. The van der Waals surface area contributed by atoms with E-state index in [2.05, 4.69) is 8.75 Å². The van der Waals surface area contributed by atoms with Gasteiger partial charge in [-0.05, 0) is 0 Å². The lowest BCUT2D eigenvalue weighted by atomic mass is 10.9.